The molecule has 0 bridgehead atoms. The lowest BCUT2D eigenvalue weighted by Gasteiger charge is -2.32. The van der Waals surface area contributed by atoms with Crippen molar-refractivity contribution in [2.24, 2.45) is 5.92 Å². The zero-order chi connectivity index (χ0) is 17.7. The molecule has 0 saturated heterocycles. The van der Waals surface area contributed by atoms with Crippen LogP contribution in [0, 0.1) is 5.92 Å². The number of ether oxygens (including phenoxy) is 1. The van der Waals surface area contributed by atoms with Crippen molar-refractivity contribution in [3.8, 4) is 0 Å². The fourth-order valence-electron chi connectivity index (χ4n) is 3.14. The Morgan fingerprint density at radius 2 is 1.92 bits per heavy atom. The summed E-state index contributed by atoms with van der Waals surface area (Å²) in [7, 11) is 0. The molecule has 0 aromatic heterocycles. The molecule has 1 aliphatic carbocycles. The molecule has 4 nitrogen and oxygen atoms in total. The lowest BCUT2D eigenvalue weighted by molar-refractivity contribution is 0.0518. The summed E-state index contributed by atoms with van der Waals surface area (Å²) < 4.78 is 5.33. The van der Waals surface area contributed by atoms with Crippen LogP contribution in [0.3, 0.4) is 0 Å². The maximum Gasteiger partial charge on any atom is 0.407 e. The second-order valence-electron chi connectivity index (χ2n) is 8.11. The van der Waals surface area contributed by atoms with Crippen LogP contribution in [0.1, 0.15) is 52.2 Å². The van der Waals surface area contributed by atoms with Crippen molar-refractivity contribution in [1.29, 1.82) is 0 Å². The first-order valence-corrected chi connectivity index (χ1v) is 9.04. The normalized spacial score (nSPS) is 18.8. The van der Waals surface area contributed by atoms with Gasteiger partial charge in [-0.2, -0.15) is 0 Å². The van der Waals surface area contributed by atoms with Crippen molar-refractivity contribution >= 4 is 6.09 Å². The molecule has 4 heteroatoms. The van der Waals surface area contributed by atoms with E-state index in [1.54, 1.807) is 0 Å². The Bertz CT molecular complexity index is 549. The Labute approximate surface area is 146 Å². The minimum Gasteiger partial charge on any atom is -0.444 e. The summed E-state index contributed by atoms with van der Waals surface area (Å²) in [4.78, 5) is 11.9. The molecule has 2 atom stereocenters. The average Bonchev–Trinajstić information content (AvgIpc) is 2.49. The molecule has 0 radical (unpaired) electrons. The van der Waals surface area contributed by atoms with Crippen LogP contribution in [0.4, 0.5) is 4.79 Å². The standard InChI is InChI=1S/C20H32N2O2/c1-14(2)18(13-21-19(23)24-20(3,4)5)22-17-11-10-15-8-6-7-9-16(15)12-17/h6-9,14,17-18,22H,10-13H2,1-5H3,(H,21,23). The summed E-state index contributed by atoms with van der Waals surface area (Å²) in [6.45, 7) is 10.6. The van der Waals surface area contributed by atoms with Crippen LogP contribution in [0.25, 0.3) is 0 Å². The first kappa shape index (κ1) is 18.8. The van der Waals surface area contributed by atoms with Gasteiger partial charge in [0.05, 0.1) is 0 Å². The SMILES string of the molecule is CC(C)C(CNC(=O)OC(C)(C)C)NC1CCc2ccccc2C1. The van der Waals surface area contributed by atoms with E-state index >= 15 is 0 Å². The van der Waals surface area contributed by atoms with Crippen LogP contribution in [0.5, 0.6) is 0 Å². The van der Waals surface area contributed by atoms with Gasteiger partial charge in [-0.1, -0.05) is 38.1 Å². The van der Waals surface area contributed by atoms with Gasteiger partial charge in [0.1, 0.15) is 5.60 Å². The summed E-state index contributed by atoms with van der Waals surface area (Å²) in [5, 5.41) is 6.65. The molecular formula is C20H32N2O2. The zero-order valence-electron chi connectivity index (χ0n) is 15.7. The number of carbonyl (C=O) groups is 1. The summed E-state index contributed by atoms with van der Waals surface area (Å²) in [6, 6.07) is 9.40. The van der Waals surface area contributed by atoms with Crippen molar-refractivity contribution in [2.45, 2.75) is 71.6 Å². The molecule has 0 spiro atoms. The van der Waals surface area contributed by atoms with Crippen LogP contribution >= 0.6 is 0 Å². The van der Waals surface area contributed by atoms with E-state index in [-0.39, 0.29) is 12.1 Å². The Morgan fingerprint density at radius 1 is 1.25 bits per heavy atom. The molecule has 0 aliphatic heterocycles. The fraction of sp³-hybridized carbons (Fsp3) is 0.650. The smallest absolute Gasteiger partial charge is 0.407 e. The van der Waals surface area contributed by atoms with Crippen LogP contribution in [-0.2, 0) is 17.6 Å². The van der Waals surface area contributed by atoms with Crippen LogP contribution in [-0.4, -0.2) is 30.3 Å². The van der Waals surface area contributed by atoms with Gasteiger partial charge in [-0.05, 0) is 57.1 Å². The van der Waals surface area contributed by atoms with E-state index in [9.17, 15) is 4.79 Å². The number of hydrogen-bond donors (Lipinski definition) is 2. The van der Waals surface area contributed by atoms with E-state index in [1.165, 1.54) is 11.1 Å². The molecule has 2 rings (SSSR count). The van der Waals surface area contributed by atoms with Crippen molar-refractivity contribution < 1.29 is 9.53 Å². The van der Waals surface area contributed by atoms with Crippen LogP contribution in [0.15, 0.2) is 24.3 Å². The van der Waals surface area contributed by atoms with Crippen molar-refractivity contribution in [3.05, 3.63) is 35.4 Å². The van der Waals surface area contributed by atoms with E-state index in [0.29, 0.717) is 18.5 Å². The maximum atomic E-state index is 11.9. The molecule has 1 aromatic rings. The lowest BCUT2D eigenvalue weighted by atomic mass is 9.87. The Balaban J connectivity index is 1.87. The summed E-state index contributed by atoms with van der Waals surface area (Å²) in [5.74, 6) is 0.442. The third-order valence-corrected chi connectivity index (χ3v) is 4.47. The van der Waals surface area contributed by atoms with Gasteiger partial charge in [0.2, 0.25) is 0 Å². The van der Waals surface area contributed by atoms with Crippen LogP contribution < -0.4 is 10.6 Å². The number of fused-ring (bicyclic) bond motifs is 1. The first-order valence-electron chi connectivity index (χ1n) is 9.04. The fourth-order valence-corrected chi connectivity index (χ4v) is 3.14. The van der Waals surface area contributed by atoms with Gasteiger partial charge >= 0.3 is 6.09 Å². The van der Waals surface area contributed by atoms with Gasteiger partial charge in [-0.15, -0.1) is 0 Å². The molecule has 1 aromatic carbocycles. The highest BCUT2D eigenvalue weighted by Gasteiger charge is 2.24. The quantitative estimate of drug-likeness (QED) is 0.865. The third kappa shape index (κ3) is 5.82. The van der Waals surface area contributed by atoms with E-state index in [1.807, 2.05) is 20.8 Å². The van der Waals surface area contributed by atoms with Gasteiger partial charge in [-0.3, -0.25) is 0 Å². The number of aryl methyl sites for hydroxylation is 1. The number of alkyl carbamates (subject to hydrolysis) is 1. The molecule has 0 saturated carbocycles. The molecule has 0 fully saturated rings. The van der Waals surface area contributed by atoms with Gasteiger partial charge in [0.15, 0.2) is 0 Å². The molecule has 24 heavy (non-hydrogen) atoms. The van der Waals surface area contributed by atoms with Gasteiger partial charge in [0, 0.05) is 18.6 Å². The Morgan fingerprint density at radius 3 is 2.54 bits per heavy atom. The minimum absolute atomic E-state index is 0.243. The molecule has 2 unspecified atom stereocenters. The number of carbonyl (C=O) groups excluding carboxylic acids is 1. The minimum atomic E-state index is -0.460. The highest BCUT2D eigenvalue weighted by Crippen LogP contribution is 2.22. The van der Waals surface area contributed by atoms with Crippen LogP contribution in [0.2, 0.25) is 0 Å². The zero-order valence-corrected chi connectivity index (χ0v) is 15.7. The largest absolute Gasteiger partial charge is 0.444 e. The molecule has 0 heterocycles. The lowest BCUT2D eigenvalue weighted by Crippen LogP contribution is -2.50. The highest BCUT2D eigenvalue weighted by atomic mass is 16.6. The third-order valence-electron chi connectivity index (χ3n) is 4.47. The van der Waals surface area contributed by atoms with Crippen molar-refractivity contribution in [2.75, 3.05) is 6.54 Å². The highest BCUT2D eigenvalue weighted by molar-refractivity contribution is 5.67. The van der Waals surface area contributed by atoms with Gasteiger partial charge < -0.3 is 15.4 Å². The van der Waals surface area contributed by atoms with E-state index in [2.05, 4.69) is 48.7 Å². The molecule has 1 amide bonds. The van der Waals surface area contributed by atoms with E-state index in [4.69, 9.17) is 4.74 Å². The molecule has 2 N–H and O–H groups in total. The van der Waals surface area contributed by atoms with E-state index < -0.39 is 5.60 Å². The summed E-state index contributed by atoms with van der Waals surface area (Å²) in [5.41, 5.74) is 2.46. The van der Waals surface area contributed by atoms with Gasteiger partial charge in [0.25, 0.3) is 0 Å². The monoisotopic (exact) mass is 332 g/mol. The van der Waals surface area contributed by atoms with Crippen molar-refractivity contribution in [3.63, 3.8) is 0 Å². The average molecular weight is 332 g/mol. The second kappa shape index (κ2) is 8.02. The topological polar surface area (TPSA) is 50.4 Å². The van der Waals surface area contributed by atoms with Crippen molar-refractivity contribution in [1.82, 2.24) is 10.6 Å². The number of amides is 1. The number of nitrogens with one attached hydrogen (secondary N) is 2. The predicted octanol–water partition coefficient (Wildman–Crippen LogP) is 3.68. The Kier molecular flexibility index (Phi) is 6.27. The molecular weight excluding hydrogens is 300 g/mol. The first-order chi connectivity index (χ1) is 11.2. The maximum absolute atomic E-state index is 11.9. The number of rotatable bonds is 5. The Hall–Kier alpha value is -1.55. The summed E-state index contributed by atoms with van der Waals surface area (Å²) in [6.07, 6.45) is 2.99. The number of benzene rings is 1. The molecule has 1 aliphatic rings. The second-order valence-corrected chi connectivity index (χ2v) is 8.11. The number of hydrogen-bond acceptors (Lipinski definition) is 3. The summed E-state index contributed by atoms with van der Waals surface area (Å²) >= 11 is 0. The van der Waals surface area contributed by atoms with Gasteiger partial charge in [-0.25, -0.2) is 4.79 Å². The molecule has 134 valence electrons. The van der Waals surface area contributed by atoms with E-state index in [0.717, 1.165) is 19.3 Å². The predicted molar refractivity (Wildman–Crippen MR) is 98.3 cm³/mol.